The quantitative estimate of drug-likeness (QED) is 0.571. The number of fused-ring (bicyclic) bond motifs is 1. The molecule has 0 bridgehead atoms. The summed E-state index contributed by atoms with van der Waals surface area (Å²) in [6, 6.07) is 1.97. The van der Waals surface area contributed by atoms with Crippen molar-refractivity contribution >= 4 is 11.9 Å². The van der Waals surface area contributed by atoms with Crippen molar-refractivity contribution in [1.29, 1.82) is 0 Å². The molecule has 0 aliphatic heterocycles. The Labute approximate surface area is 59.4 Å². The summed E-state index contributed by atoms with van der Waals surface area (Å²) in [5, 5.41) is 0. The molecule has 0 fully saturated rings. The Kier molecular flexibility index (Phi) is 1.01. The summed E-state index contributed by atoms with van der Waals surface area (Å²) in [6.45, 7) is 0. The van der Waals surface area contributed by atoms with Crippen LogP contribution in [0.25, 0.3) is 6.08 Å². The maximum Gasteiger partial charge on any atom is 0.130 e. The Balaban J connectivity index is 2.67. The monoisotopic (exact) mass is 131 g/mol. The van der Waals surface area contributed by atoms with Gasteiger partial charge in [-0.2, -0.15) is 0 Å². The van der Waals surface area contributed by atoms with E-state index in [0.29, 0.717) is 5.82 Å². The highest BCUT2D eigenvalue weighted by Crippen LogP contribution is 2.21. The van der Waals surface area contributed by atoms with Gasteiger partial charge in [-0.15, -0.1) is 0 Å². The average Bonchev–Trinajstić information content (AvgIpc) is 2.36. The fourth-order valence-corrected chi connectivity index (χ4v) is 1.12. The minimum Gasteiger partial charge on any atom is -0.383 e. The fraction of sp³-hybridized carbons (Fsp3) is 0.125. The van der Waals surface area contributed by atoms with E-state index in [1.54, 1.807) is 6.20 Å². The fourth-order valence-electron chi connectivity index (χ4n) is 1.12. The third-order valence-corrected chi connectivity index (χ3v) is 1.65. The number of nitrogen functional groups attached to an aromatic ring is 1. The van der Waals surface area contributed by atoms with E-state index in [1.165, 1.54) is 5.56 Å². The predicted octanol–water partition coefficient (Wildman–Crippen LogP) is 1.04. The van der Waals surface area contributed by atoms with Crippen LogP contribution in [0.5, 0.6) is 0 Å². The van der Waals surface area contributed by atoms with E-state index in [0.717, 1.165) is 12.0 Å². The molecule has 49 valence electrons. The topological polar surface area (TPSA) is 38.9 Å². The van der Waals surface area contributed by atoms with Crippen molar-refractivity contribution in [2.24, 2.45) is 0 Å². The number of rotatable bonds is 0. The number of anilines is 1. The van der Waals surface area contributed by atoms with E-state index in [-0.39, 0.29) is 0 Å². The number of hydrogen-bond acceptors (Lipinski definition) is 2. The molecule has 0 spiro atoms. The minimum absolute atomic E-state index is 0.613. The zero-order valence-electron chi connectivity index (χ0n) is 5.46. The van der Waals surface area contributed by atoms with Crippen LogP contribution in [-0.2, 0) is 6.42 Å². The van der Waals surface area contributed by atoms with Gasteiger partial charge in [0.05, 0.1) is 0 Å². The van der Waals surface area contributed by atoms with Crippen molar-refractivity contribution in [2.45, 2.75) is 6.42 Å². The van der Waals surface area contributed by atoms with Crippen molar-refractivity contribution in [3.8, 4) is 0 Å². The molecule has 1 aromatic rings. The second-order valence-corrected chi connectivity index (χ2v) is 2.29. The molecule has 0 saturated heterocycles. The zero-order chi connectivity index (χ0) is 6.97. The Morgan fingerprint density at radius 3 is 3.30 bits per heavy atom. The minimum atomic E-state index is 0.613. The van der Waals surface area contributed by atoms with Gasteiger partial charge in [0.15, 0.2) is 0 Å². The number of hydrogen-bond donors (Lipinski definition) is 1. The molecule has 1 aliphatic rings. The molecule has 0 unspecified atom stereocenters. The van der Waals surface area contributed by atoms with Crippen LogP contribution in [0.3, 0.4) is 0 Å². The van der Waals surface area contributed by atoms with Crippen molar-refractivity contribution < 1.29 is 0 Å². The Morgan fingerprint density at radius 1 is 1.60 bits per heavy atom. The van der Waals surface area contributed by atoms with Gasteiger partial charge in [-0.25, -0.2) is 4.98 Å². The van der Waals surface area contributed by atoms with E-state index in [1.807, 2.05) is 12.1 Å². The van der Waals surface area contributed by atoms with Gasteiger partial charge >= 0.3 is 0 Å². The Hall–Kier alpha value is -1.31. The van der Waals surface area contributed by atoms with E-state index < -0.39 is 0 Å². The van der Waals surface area contributed by atoms with E-state index in [4.69, 9.17) is 5.73 Å². The summed E-state index contributed by atoms with van der Waals surface area (Å²) in [7, 11) is 0. The standard InChI is InChI=1S/C8H7N2/c9-8-7-3-1-2-6(7)4-5-10-8/h3-5H,2H2,(H2,9,10). The first-order valence-electron chi connectivity index (χ1n) is 3.18. The Morgan fingerprint density at radius 2 is 2.50 bits per heavy atom. The smallest absolute Gasteiger partial charge is 0.130 e. The second kappa shape index (κ2) is 1.84. The van der Waals surface area contributed by atoms with Gasteiger partial charge in [0, 0.05) is 11.8 Å². The molecular weight excluding hydrogens is 124 g/mol. The molecule has 1 heterocycles. The van der Waals surface area contributed by atoms with Crippen LogP contribution in [-0.4, -0.2) is 4.98 Å². The van der Waals surface area contributed by atoms with Gasteiger partial charge in [0.2, 0.25) is 0 Å². The second-order valence-electron chi connectivity index (χ2n) is 2.29. The first kappa shape index (κ1) is 5.47. The lowest BCUT2D eigenvalue weighted by Crippen LogP contribution is -1.94. The third kappa shape index (κ3) is 0.620. The summed E-state index contributed by atoms with van der Waals surface area (Å²) < 4.78 is 0. The molecule has 2 rings (SSSR count). The van der Waals surface area contributed by atoms with Gasteiger partial charge in [0.25, 0.3) is 0 Å². The molecule has 0 aromatic carbocycles. The lowest BCUT2D eigenvalue weighted by molar-refractivity contribution is 1.23. The molecule has 2 nitrogen and oxygen atoms in total. The van der Waals surface area contributed by atoms with Crippen molar-refractivity contribution in [3.63, 3.8) is 0 Å². The normalized spacial score (nSPS) is 13.6. The van der Waals surface area contributed by atoms with Crippen LogP contribution in [0.2, 0.25) is 0 Å². The van der Waals surface area contributed by atoms with Crippen molar-refractivity contribution in [3.05, 3.63) is 29.5 Å². The van der Waals surface area contributed by atoms with E-state index in [2.05, 4.69) is 11.1 Å². The zero-order valence-corrected chi connectivity index (χ0v) is 5.46. The lowest BCUT2D eigenvalue weighted by Gasteiger charge is -1.98. The van der Waals surface area contributed by atoms with E-state index >= 15 is 0 Å². The maximum absolute atomic E-state index is 5.59. The summed E-state index contributed by atoms with van der Waals surface area (Å²) in [5.74, 6) is 0.613. The number of aromatic nitrogens is 1. The highest BCUT2D eigenvalue weighted by molar-refractivity contribution is 5.66. The van der Waals surface area contributed by atoms with Gasteiger partial charge in [-0.05, 0) is 30.2 Å². The van der Waals surface area contributed by atoms with Crippen LogP contribution in [0, 0.1) is 6.08 Å². The third-order valence-electron chi connectivity index (χ3n) is 1.65. The number of nitrogens with two attached hydrogens (primary N) is 1. The molecule has 1 aliphatic carbocycles. The van der Waals surface area contributed by atoms with Crippen molar-refractivity contribution in [1.82, 2.24) is 4.98 Å². The van der Waals surface area contributed by atoms with Gasteiger partial charge in [0.1, 0.15) is 5.82 Å². The maximum atomic E-state index is 5.59. The molecule has 2 heteroatoms. The molecule has 1 aromatic heterocycles. The number of pyridine rings is 1. The van der Waals surface area contributed by atoms with E-state index in [9.17, 15) is 0 Å². The summed E-state index contributed by atoms with van der Waals surface area (Å²) in [5.41, 5.74) is 7.86. The Bertz CT molecular complexity index is 289. The van der Waals surface area contributed by atoms with Crippen molar-refractivity contribution in [2.75, 3.05) is 5.73 Å². The van der Waals surface area contributed by atoms with Crippen LogP contribution in [0.4, 0.5) is 5.82 Å². The van der Waals surface area contributed by atoms with Crippen LogP contribution >= 0.6 is 0 Å². The highest BCUT2D eigenvalue weighted by atomic mass is 14.8. The van der Waals surface area contributed by atoms with Gasteiger partial charge in [-0.1, -0.05) is 0 Å². The summed E-state index contributed by atoms with van der Waals surface area (Å²) in [4.78, 5) is 3.96. The van der Waals surface area contributed by atoms with Gasteiger partial charge < -0.3 is 5.73 Å². The van der Waals surface area contributed by atoms with Crippen LogP contribution < -0.4 is 5.73 Å². The predicted molar refractivity (Wildman–Crippen MR) is 40.1 cm³/mol. The largest absolute Gasteiger partial charge is 0.383 e. The first-order chi connectivity index (χ1) is 4.88. The average molecular weight is 131 g/mol. The molecule has 0 saturated carbocycles. The lowest BCUT2D eigenvalue weighted by atomic mass is 10.2. The van der Waals surface area contributed by atoms with Crippen LogP contribution in [0.1, 0.15) is 11.1 Å². The molecule has 1 radical (unpaired) electrons. The number of nitrogens with zero attached hydrogens (tertiary/aromatic N) is 1. The summed E-state index contributed by atoms with van der Waals surface area (Å²) in [6.07, 6.45) is 7.59. The molecule has 0 amide bonds. The first-order valence-corrected chi connectivity index (χ1v) is 3.18. The van der Waals surface area contributed by atoms with Gasteiger partial charge in [-0.3, -0.25) is 0 Å². The van der Waals surface area contributed by atoms with Crippen LogP contribution in [0.15, 0.2) is 12.3 Å². The number of allylic oxidation sites excluding steroid dienone is 1. The molecule has 0 atom stereocenters. The molecular formula is C8H7N2. The highest BCUT2D eigenvalue weighted by Gasteiger charge is 2.07. The molecule has 2 N–H and O–H groups in total. The summed E-state index contributed by atoms with van der Waals surface area (Å²) >= 11 is 0. The SMILES string of the molecule is Nc1nccc2c1C=[C]C2. The molecule has 10 heavy (non-hydrogen) atoms.